The second kappa shape index (κ2) is 11.9. The average molecular weight is 520 g/mol. The predicted molar refractivity (Wildman–Crippen MR) is 129 cm³/mol. The summed E-state index contributed by atoms with van der Waals surface area (Å²) in [6.07, 6.45) is 1.75. The van der Waals surface area contributed by atoms with Crippen LogP contribution in [0.15, 0.2) is 71.9 Å². The second-order valence-electron chi connectivity index (χ2n) is 6.15. The van der Waals surface area contributed by atoms with Gasteiger partial charge in [-0.3, -0.25) is 4.98 Å². The third kappa shape index (κ3) is 6.80. The van der Waals surface area contributed by atoms with Crippen LogP contribution in [-0.4, -0.2) is 25.2 Å². The Morgan fingerprint density at radius 1 is 1.00 bits per heavy atom. The van der Waals surface area contributed by atoms with Gasteiger partial charge in [-0.25, -0.2) is 4.99 Å². The molecule has 0 unspecified atom stereocenters. The van der Waals surface area contributed by atoms with Gasteiger partial charge in [0.1, 0.15) is 23.9 Å². The normalized spacial score (nSPS) is 10.7. The Labute approximate surface area is 193 Å². The number of aromatic nitrogens is 1. The summed E-state index contributed by atoms with van der Waals surface area (Å²) in [7, 11) is 3.20. The first kappa shape index (κ1) is 23.3. The van der Waals surface area contributed by atoms with Crippen LogP contribution in [0.1, 0.15) is 11.3 Å². The molecule has 3 N–H and O–H groups in total. The highest BCUT2D eigenvalue weighted by Gasteiger charge is 2.06. The molecule has 3 rings (SSSR count). The fraction of sp³-hybridized carbons (Fsp3) is 0.182. The van der Waals surface area contributed by atoms with E-state index in [2.05, 4.69) is 15.3 Å². The molecule has 0 bridgehead atoms. The van der Waals surface area contributed by atoms with Crippen LogP contribution in [0.3, 0.4) is 0 Å². The summed E-state index contributed by atoms with van der Waals surface area (Å²) in [5.74, 6) is 2.37. The Bertz CT molecular complexity index is 968. The van der Waals surface area contributed by atoms with E-state index in [1.54, 1.807) is 32.5 Å². The molecular formula is C22H25IN4O3. The largest absolute Gasteiger partial charge is 0.497 e. The Morgan fingerprint density at radius 2 is 1.87 bits per heavy atom. The summed E-state index contributed by atoms with van der Waals surface area (Å²) in [5, 5.41) is 3.05. The van der Waals surface area contributed by atoms with E-state index >= 15 is 0 Å². The number of anilines is 1. The standard InChI is InChI=1S/C22H24N4O3.HI/c1-27-18-9-10-21(28-2)20(13-18)26-22(23)25-14-16-6-5-8-19(12-16)29-15-17-7-3-4-11-24-17;/h3-13H,14-15H2,1-2H3,(H3,23,25,26);1H. The Balaban J connectivity index is 0.00000320. The molecular weight excluding hydrogens is 495 g/mol. The van der Waals surface area contributed by atoms with Crippen molar-refractivity contribution in [2.75, 3.05) is 19.5 Å². The van der Waals surface area contributed by atoms with Crippen molar-refractivity contribution < 1.29 is 14.2 Å². The molecule has 7 nitrogen and oxygen atoms in total. The lowest BCUT2D eigenvalue weighted by Gasteiger charge is -2.12. The monoisotopic (exact) mass is 520 g/mol. The number of ether oxygens (including phenoxy) is 3. The molecule has 0 aliphatic carbocycles. The molecule has 8 heteroatoms. The molecule has 3 aromatic rings. The molecule has 0 saturated heterocycles. The first-order valence-electron chi connectivity index (χ1n) is 9.08. The fourth-order valence-electron chi connectivity index (χ4n) is 2.64. The van der Waals surface area contributed by atoms with Gasteiger partial charge < -0.3 is 25.3 Å². The molecule has 0 atom stereocenters. The van der Waals surface area contributed by atoms with Crippen molar-refractivity contribution in [1.82, 2.24) is 4.98 Å². The van der Waals surface area contributed by atoms with Gasteiger partial charge in [-0.1, -0.05) is 18.2 Å². The molecule has 30 heavy (non-hydrogen) atoms. The SMILES string of the molecule is COc1ccc(OC)c(NC(N)=NCc2cccc(OCc3ccccn3)c2)c1.I. The number of aliphatic imine (C=N–C) groups is 1. The fourth-order valence-corrected chi connectivity index (χ4v) is 2.64. The van der Waals surface area contributed by atoms with Crippen LogP contribution >= 0.6 is 24.0 Å². The van der Waals surface area contributed by atoms with Gasteiger partial charge in [0.25, 0.3) is 0 Å². The lowest BCUT2D eigenvalue weighted by molar-refractivity contribution is 0.301. The third-order valence-electron chi connectivity index (χ3n) is 4.11. The Kier molecular flexibility index (Phi) is 9.20. The quantitative estimate of drug-likeness (QED) is 0.263. The summed E-state index contributed by atoms with van der Waals surface area (Å²) >= 11 is 0. The maximum Gasteiger partial charge on any atom is 0.193 e. The smallest absolute Gasteiger partial charge is 0.193 e. The molecule has 1 aromatic heterocycles. The first-order valence-corrected chi connectivity index (χ1v) is 9.08. The number of nitrogens with zero attached hydrogens (tertiary/aromatic N) is 2. The van der Waals surface area contributed by atoms with Crippen molar-refractivity contribution >= 4 is 35.6 Å². The van der Waals surface area contributed by atoms with Crippen molar-refractivity contribution in [3.05, 3.63) is 78.1 Å². The van der Waals surface area contributed by atoms with Gasteiger partial charge in [0.15, 0.2) is 5.96 Å². The minimum atomic E-state index is 0. The lowest BCUT2D eigenvalue weighted by Crippen LogP contribution is -2.23. The zero-order valence-electron chi connectivity index (χ0n) is 16.9. The summed E-state index contributed by atoms with van der Waals surface area (Å²) in [5.41, 5.74) is 8.58. The van der Waals surface area contributed by atoms with Crippen LogP contribution in [-0.2, 0) is 13.2 Å². The van der Waals surface area contributed by atoms with E-state index < -0.39 is 0 Å². The summed E-state index contributed by atoms with van der Waals surface area (Å²) in [6.45, 7) is 0.818. The second-order valence-corrected chi connectivity index (χ2v) is 6.15. The molecule has 158 valence electrons. The summed E-state index contributed by atoms with van der Waals surface area (Å²) in [4.78, 5) is 8.65. The first-order chi connectivity index (χ1) is 14.2. The van der Waals surface area contributed by atoms with E-state index in [4.69, 9.17) is 19.9 Å². The van der Waals surface area contributed by atoms with Crippen molar-refractivity contribution in [3.63, 3.8) is 0 Å². The van der Waals surface area contributed by atoms with E-state index in [-0.39, 0.29) is 29.9 Å². The van der Waals surface area contributed by atoms with Crippen LogP contribution in [0.5, 0.6) is 17.2 Å². The maximum atomic E-state index is 6.04. The summed E-state index contributed by atoms with van der Waals surface area (Å²) in [6, 6.07) is 18.9. The number of nitrogens with one attached hydrogen (secondary N) is 1. The molecule has 2 aromatic carbocycles. The minimum Gasteiger partial charge on any atom is -0.497 e. The molecule has 0 radical (unpaired) electrons. The van der Waals surface area contributed by atoms with Gasteiger partial charge >= 0.3 is 0 Å². The van der Waals surface area contributed by atoms with Crippen molar-refractivity contribution in [3.8, 4) is 17.2 Å². The van der Waals surface area contributed by atoms with Crippen LogP contribution < -0.4 is 25.3 Å². The number of nitrogens with two attached hydrogens (primary N) is 1. The van der Waals surface area contributed by atoms with Crippen molar-refractivity contribution in [2.45, 2.75) is 13.2 Å². The highest BCUT2D eigenvalue weighted by molar-refractivity contribution is 14.0. The minimum absolute atomic E-state index is 0. The molecule has 0 saturated carbocycles. The number of hydrogen-bond acceptors (Lipinski definition) is 5. The topological polar surface area (TPSA) is 91.0 Å². The van der Waals surface area contributed by atoms with Gasteiger partial charge in [-0.2, -0.15) is 0 Å². The van der Waals surface area contributed by atoms with Crippen LogP contribution in [0.25, 0.3) is 0 Å². The molecule has 0 amide bonds. The number of benzene rings is 2. The van der Waals surface area contributed by atoms with Gasteiger partial charge in [-0.15, -0.1) is 24.0 Å². The Hall–Kier alpha value is -3.01. The van der Waals surface area contributed by atoms with Gasteiger partial charge in [0.05, 0.1) is 32.1 Å². The van der Waals surface area contributed by atoms with Crippen molar-refractivity contribution in [1.29, 1.82) is 0 Å². The maximum absolute atomic E-state index is 6.04. The number of halogens is 1. The van der Waals surface area contributed by atoms with E-state index in [9.17, 15) is 0 Å². The van der Waals surface area contributed by atoms with Gasteiger partial charge in [0.2, 0.25) is 0 Å². The zero-order valence-corrected chi connectivity index (χ0v) is 19.2. The number of methoxy groups -OCH3 is 2. The van der Waals surface area contributed by atoms with E-state index in [1.807, 2.05) is 48.5 Å². The predicted octanol–water partition coefficient (Wildman–Crippen LogP) is 4.22. The number of guanidine groups is 1. The molecule has 0 aliphatic heterocycles. The van der Waals surface area contributed by atoms with Crippen LogP contribution in [0.2, 0.25) is 0 Å². The van der Waals surface area contributed by atoms with E-state index in [0.717, 1.165) is 17.0 Å². The molecule has 0 fully saturated rings. The Morgan fingerprint density at radius 3 is 2.60 bits per heavy atom. The lowest BCUT2D eigenvalue weighted by atomic mass is 10.2. The van der Waals surface area contributed by atoms with Gasteiger partial charge in [0, 0.05) is 12.3 Å². The summed E-state index contributed by atoms with van der Waals surface area (Å²) < 4.78 is 16.4. The van der Waals surface area contributed by atoms with Crippen LogP contribution in [0, 0.1) is 0 Å². The third-order valence-corrected chi connectivity index (χ3v) is 4.11. The van der Waals surface area contributed by atoms with Crippen molar-refractivity contribution in [2.24, 2.45) is 10.7 Å². The highest BCUT2D eigenvalue weighted by atomic mass is 127. The molecule has 0 aliphatic rings. The number of pyridine rings is 1. The number of rotatable bonds is 8. The van der Waals surface area contributed by atoms with Crippen LogP contribution in [0.4, 0.5) is 5.69 Å². The highest BCUT2D eigenvalue weighted by Crippen LogP contribution is 2.28. The van der Waals surface area contributed by atoms with E-state index in [1.165, 1.54) is 0 Å². The van der Waals surface area contributed by atoms with Gasteiger partial charge in [-0.05, 0) is 42.0 Å². The molecule has 0 spiro atoms. The average Bonchev–Trinajstić information content (AvgIpc) is 2.77. The zero-order chi connectivity index (χ0) is 20.5. The van der Waals surface area contributed by atoms with E-state index in [0.29, 0.717) is 30.3 Å². The number of hydrogen-bond donors (Lipinski definition) is 2. The molecule has 1 heterocycles.